The van der Waals surface area contributed by atoms with Crippen LogP contribution in [-0.4, -0.2) is 18.5 Å². The van der Waals surface area contributed by atoms with Crippen molar-refractivity contribution < 1.29 is 22.6 Å². The number of ether oxygens (including phenoxy) is 2. The second-order valence-corrected chi connectivity index (χ2v) is 3.84. The highest BCUT2D eigenvalue weighted by Crippen LogP contribution is 2.32. The molecular weight excluding hydrogens is 340 g/mol. The maximum absolute atomic E-state index is 12.1. The number of methoxy groups -OCH3 is 1. The molecular formula is C8H8F3IN2O2. The van der Waals surface area contributed by atoms with Gasteiger partial charge in [-0.3, -0.25) is 0 Å². The lowest BCUT2D eigenvalue weighted by Gasteiger charge is -2.14. The van der Waals surface area contributed by atoms with Gasteiger partial charge in [-0.25, -0.2) is 4.98 Å². The van der Waals surface area contributed by atoms with E-state index in [0.717, 1.165) is 0 Å². The van der Waals surface area contributed by atoms with Gasteiger partial charge in [0.2, 0.25) is 5.88 Å². The van der Waals surface area contributed by atoms with Gasteiger partial charge in [0.1, 0.15) is 5.69 Å². The molecule has 1 rings (SSSR count). The van der Waals surface area contributed by atoms with Crippen LogP contribution in [0.4, 0.5) is 13.2 Å². The van der Waals surface area contributed by atoms with Crippen LogP contribution < -0.4 is 15.2 Å². The van der Waals surface area contributed by atoms with E-state index >= 15 is 0 Å². The summed E-state index contributed by atoms with van der Waals surface area (Å²) in [6, 6.07) is 1.33. The molecule has 1 heterocycles. The number of halogens is 4. The third kappa shape index (κ3) is 3.37. The molecule has 2 N–H and O–H groups in total. The third-order valence-electron chi connectivity index (χ3n) is 1.59. The van der Waals surface area contributed by atoms with Gasteiger partial charge < -0.3 is 15.2 Å². The summed E-state index contributed by atoms with van der Waals surface area (Å²) in [5.74, 6) is -0.184. The van der Waals surface area contributed by atoms with Crippen molar-refractivity contribution in [1.29, 1.82) is 0 Å². The molecule has 0 saturated heterocycles. The topological polar surface area (TPSA) is 57.4 Å². The van der Waals surface area contributed by atoms with E-state index in [2.05, 4.69) is 9.72 Å². The summed E-state index contributed by atoms with van der Waals surface area (Å²) in [5, 5.41) is 0. The van der Waals surface area contributed by atoms with Crippen LogP contribution in [0.2, 0.25) is 0 Å². The van der Waals surface area contributed by atoms with Gasteiger partial charge in [-0.1, -0.05) is 0 Å². The Balaban J connectivity index is 3.16. The first kappa shape index (κ1) is 13.3. The van der Waals surface area contributed by atoms with Crippen LogP contribution in [0, 0.1) is 3.57 Å². The van der Waals surface area contributed by atoms with Gasteiger partial charge in [-0.2, -0.15) is 0 Å². The standard InChI is InChI=1S/C8H8F3IN2O2/c1-15-6-2-4(12)7(5(3-13)14-6)16-8(9,10)11/h2H,3,13H2,1H3. The first-order valence-corrected chi connectivity index (χ1v) is 5.14. The molecule has 0 aliphatic carbocycles. The number of rotatable bonds is 3. The monoisotopic (exact) mass is 348 g/mol. The predicted octanol–water partition coefficient (Wildman–Crippen LogP) is 2.05. The molecule has 8 heteroatoms. The van der Waals surface area contributed by atoms with Crippen LogP contribution in [0.25, 0.3) is 0 Å². The Hall–Kier alpha value is -0.770. The SMILES string of the molecule is COc1cc(I)c(OC(F)(F)F)c(CN)n1. The van der Waals surface area contributed by atoms with E-state index in [9.17, 15) is 13.2 Å². The van der Waals surface area contributed by atoms with Crippen molar-refractivity contribution in [1.82, 2.24) is 4.98 Å². The van der Waals surface area contributed by atoms with E-state index in [1.165, 1.54) is 13.2 Å². The summed E-state index contributed by atoms with van der Waals surface area (Å²) in [5.41, 5.74) is 5.29. The number of aromatic nitrogens is 1. The van der Waals surface area contributed by atoms with Gasteiger partial charge >= 0.3 is 6.36 Å². The zero-order valence-electron chi connectivity index (χ0n) is 8.14. The zero-order valence-corrected chi connectivity index (χ0v) is 10.3. The van der Waals surface area contributed by atoms with Gasteiger partial charge in [-0.05, 0) is 22.6 Å². The third-order valence-corrected chi connectivity index (χ3v) is 2.40. The summed E-state index contributed by atoms with van der Waals surface area (Å²) in [7, 11) is 1.36. The molecule has 0 fully saturated rings. The molecule has 16 heavy (non-hydrogen) atoms. The molecule has 0 aromatic carbocycles. The van der Waals surface area contributed by atoms with Gasteiger partial charge in [0.25, 0.3) is 0 Å². The molecule has 1 aromatic heterocycles. The maximum Gasteiger partial charge on any atom is 0.573 e. The minimum atomic E-state index is -4.76. The normalized spacial score (nSPS) is 11.4. The molecule has 0 bridgehead atoms. The minimum absolute atomic E-state index is 0.000995. The molecule has 0 unspecified atom stereocenters. The lowest BCUT2D eigenvalue weighted by atomic mass is 10.3. The molecule has 0 aliphatic rings. The van der Waals surface area contributed by atoms with E-state index in [1.807, 2.05) is 0 Å². The fraction of sp³-hybridized carbons (Fsp3) is 0.375. The van der Waals surface area contributed by atoms with Crippen molar-refractivity contribution >= 4 is 22.6 Å². The first-order chi connectivity index (χ1) is 7.37. The second-order valence-electron chi connectivity index (χ2n) is 2.67. The Kier molecular flexibility index (Phi) is 4.19. The van der Waals surface area contributed by atoms with Crippen LogP contribution >= 0.6 is 22.6 Å². The lowest BCUT2D eigenvalue weighted by Crippen LogP contribution is -2.20. The zero-order chi connectivity index (χ0) is 12.3. The molecule has 1 aromatic rings. The van der Waals surface area contributed by atoms with Crippen molar-refractivity contribution in [3.63, 3.8) is 0 Å². The molecule has 0 atom stereocenters. The Bertz CT molecular complexity index is 384. The number of pyridine rings is 1. The second kappa shape index (κ2) is 5.04. The Morgan fingerprint density at radius 1 is 1.50 bits per heavy atom. The van der Waals surface area contributed by atoms with Crippen molar-refractivity contribution in [3.8, 4) is 11.6 Å². The Morgan fingerprint density at radius 3 is 2.56 bits per heavy atom. The quantitative estimate of drug-likeness (QED) is 0.850. The molecule has 0 amide bonds. The molecule has 0 radical (unpaired) electrons. The summed E-state index contributed by atoms with van der Waals surface area (Å²) in [6.07, 6.45) is -4.76. The van der Waals surface area contributed by atoms with Crippen molar-refractivity contribution in [3.05, 3.63) is 15.3 Å². The van der Waals surface area contributed by atoms with Gasteiger partial charge in [0.15, 0.2) is 5.75 Å². The number of hydrogen-bond donors (Lipinski definition) is 1. The average Bonchev–Trinajstić information content (AvgIpc) is 2.19. The van der Waals surface area contributed by atoms with Crippen LogP contribution in [0.5, 0.6) is 11.6 Å². The van der Waals surface area contributed by atoms with Crippen LogP contribution in [0.1, 0.15) is 5.69 Å². The maximum atomic E-state index is 12.1. The van der Waals surface area contributed by atoms with E-state index in [4.69, 9.17) is 10.5 Å². The summed E-state index contributed by atoms with van der Waals surface area (Å²) in [6.45, 7) is -0.168. The number of alkyl halides is 3. The lowest BCUT2D eigenvalue weighted by molar-refractivity contribution is -0.275. The molecule has 0 aliphatic heterocycles. The first-order valence-electron chi connectivity index (χ1n) is 4.06. The Labute approximate surface area is 103 Å². The highest BCUT2D eigenvalue weighted by molar-refractivity contribution is 14.1. The average molecular weight is 348 g/mol. The van der Waals surface area contributed by atoms with Crippen LogP contribution in [0.15, 0.2) is 6.07 Å². The van der Waals surface area contributed by atoms with E-state index in [0.29, 0.717) is 0 Å². The number of hydrogen-bond acceptors (Lipinski definition) is 4. The predicted molar refractivity (Wildman–Crippen MR) is 58.1 cm³/mol. The summed E-state index contributed by atoms with van der Waals surface area (Å²) < 4.78 is 45.2. The largest absolute Gasteiger partial charge is 0.573 e. The van der Waals surface area contributed by atoms with Gasteiger partial charge in [0.05, 0.1) is 10.7 Å². The number of nitrogens with two attached hydrogens (primary N) is 1. The van der Waals surface area contributed by atoms with E-state index in [-0.39, 0.29) is 27.4 Å². The molecule has 0 spiro atoms. The highest BCUT2D eigenvalue weighted by atomic mass is 127. The molecule has 4 nitrogen and oxygen atoms in total. The molecule has 0 saturated carbocycles. The van der Waals surface area contributed by atoms with E-state index in [1.54, 1.807) is 22.6 Å². The van der Waals surface area contributed by atoms with Crippen LogP contribution in [-0.2, 0) is 6.54 Å². The minimum Gasteiger partial charge on any atom is -0.481 e. The smallest absolute Gasteiger partial charge is 0.481 e. The van der Waals surface area contributed by atoms with Crippen molar-refractivity contribution in [2.45, 2.75) is 12.9 Å². The van der Waals surface area contributed by atoms with Crippen molar-refractivity contribution in [2.24, 2.45) is 5.73 Å². The Morgan fingerprint density at radius 2 is 2.12 bits per heavy atom. The fourth-order valence-electron chi connectivity index (χ4n) is 0.994. The number of nitrogens with zero attached hydrogens (tertiary/aromatic N) is 1. The van der Waals surface area contributed by atoms with Crippen molar-refractivity contribution in [2.75, 3.05) is 7.11 Å². The molecule has 90 valence electrons. The fourth-order valence-corrected chi connectivity index (χ4v) is 1.68. The van der Waals surface area contributed by atoms with Crippen LogP contribution in [0.3, 0.4) is 0 Å². The highest BCUT2D eigenvalue weighted by Gasteiger charge is 2.33. The van der Waals surface area contributed by atoms with E-state index < -0.39 is 6.36 Å². The summed E-state index contributed by atoms with van der Waals surface area (Å²) in [4.78, 5) is 3.78. The van der Waals surface area contributed by atoms with Gasteiger partial charge in [0, 0.05) is 12.6 Å². The summed E-state index contributed by atoms with van der Waals surface area (Å²) >= 11 is 1.70. The van der Waals surface area contributed by atoms with Gasteiger partial charge in [-0.15, -0.1) is 13.2 Å².